The number of hydrogen-bond donors (Lipinski definition) is 1. The fourth-order valence-corrected chi connectivity index (χ4v) is 4.57. The molecule has 0 radical (unpaired) electrons. The summed E-state index contributed by atoms with van der Waals surface area (Å²) in [6.07, 6.45) is 2.66. The van der Waals surface area contributed by atoms with Crippen molar-refractivity contribution in [2.24, 2.45) is 0 Å². The zero-order valence-electron chi connectivity index (χ0n) is 17.7. The van der Waals surface area contributed by atoms with Gasteiger partial charge in [0.15, 0.2) is 23.2 Å². The smallest absolute Gasteiger partial charge is 0.162 e. The van der Waals surface area contributed by atoms with Crippen molar-refractivity contribution in [3.63, 3.8) is 0 Å². The van der Waals surface area contributed by atoms with Crippen molar-refractivity contribution in [3.8, 4) is 0 Å². The number of rotatable bonds is 5. The van der Waals surface area contributed by atoms with Crippen LogP contribution in [0, 0.1) is 11.6 Å². The van der Waals surface area contributed by atoms with Gasteiger partial charge in [-0.1, -0.05) is 60.7 Å². The minimum Gasteiger partial charge on any atom is -0.298 e. The molecule has 3 nitrogen and oxygen atoms in total. The van der Waals surface area contributed by atoms with E-state index >= 15 is 0 Å². The van der Waals surface area contributed by atoms with Crippen molar-refractivity contribution in [1.29, 1.82) is 0 Å². The third-order valence-electron chi connectivity index (χ3n) is 6.12. The van der Waals surface area contributed by atoms with Crippen molar-refractivity contribution >= 4 is 17.7 Å². The molecule has 0 fully saturated rings. The molecule has 0 atom stereocenters. The van der Waals surface area contributed by atoms with Crippen LogP contribution in [-0.2, 0) is 10.3 Å². The van der Waals surface area contributed by atoms with E-state index in [1.165, 1.54) is 24.3 Å². The van der Waals surface area contributed by atoms with Crippen molar-refractivity contribution in [2.75, 3.05) is 0 Å². The summed E-state index contributed by atoms with van der Waals surface area (Å²) >= 11 is 0. The Balaban J connectivity index is 1.82. The average Bonchev–Trinajstić information content (AvgIpc) is 3.23. The first-order chi connectivity index (χ1) is 16.1. The van der Waals surface area contributed by atoms with Crippen molar-refractivity contribution < 1.29 is 13.6 Å². The summed E-state index contributed by atoms with van der Waals surface area (Å²) in [5.74, 6) is -0.737. The van der Waals surface area contributed by atoms with Gasteiger partial charge in [-0.15, -0.1) is 5.43 Å². The number of aldehydes is 1. The first kappa shape index (κ1) is 20.9. The van der Waals surface area contributed by atoms with Crippen molar-refractivity contribution in [2.45, 2.75) is 5.54 Å². The Morgan fingerprint density at radius 1 is 0.636 bits per heavy atom. The lowest BCUT2D eigenvalue weighted by Gasteiger charge is -2.37. The normalized spacial score (nSPS) is 16.2. The summed E-state index contributed by atoms with van der Waals surface area (Å²) in [6, 6.07) is 31.5. The molecule has 0 spiro atoms. The number of halogens is 2. The van der Waals surface area contributed by atoms with E-state index in [-0.39, 0.29) is 16.2 Å². The summed E-state index contributed by atoms with van der Waals surface area (Å²) in [7, 11) is 0. The monoisotopic (exact) mass is 439 g/mol. The van der Waals surface area contributed by atoms with Gasteiger partial charge >= 0.3 is 0 Å². The Morgan fingerprint density at radius 2 is 1.06 bits per heavy atom. The third-order valence-corrected chi connectivity index (χ3v) is 6.12. The number of carbonyl (C=O) groups is 1. The van der Waals surface area contributed by atoms with Gasteiger partial charge < -0.3 is 0 Å². The number of benzene rings is 4. The molecule has 5 heteroatoms. The van der Waals surface area contributed by atoms with Gasteiger partial charge in [0.05, 0.1) is 5.57 Å². The second-order valence-electron chi connectivity index (χ2n) is 7.97. The van der Waals surface area contributed by atoms with Crippen LogP contribution in [0.15, 0.2) is 121 Å². The van der Waals surface area contributed by atoms with Crippen LogP contribution < -0.4 is 10.0 Å². The molecule has 1 aliphatic rings. The molecule has 4 aromatic rings. The number of quaternary nitrogens is 1. The molecule has 0 saturated carbocycles. The van der Waals surface area contributed by atoms with Gasteiger partial charge in [-0.2, -0.15) is 4.59 Å². The van der Waals surface area contributed by atoms with Gasteiger partial charge in [0.25, 0.3) is 0 Å². The van der Waals surface area contributed by atoms with E-state index in [0.717, 1.165) is 17.4 Å². The van der Waals surface area contributed by atoms with Crippen LogP contribution in [0.25, 0.3) is 0 Å². The number of hydrogen-bond acceptors (Lipinski definition) is 2. The quantitative estimate of drug-likeness (QED) is 0.299. The molecule has 1 aliphatic heterocycles. The second-order valence-corrected chi connectivity index (χ2v) is 7.97. The van der Waals surface area contributed by atoms with Crippen molar-refractivity contribution in [1.82, 2.24) is 10.0 Å². The molecule has 0 unspecified atom stereocenters. The molecule has 1 heterocycles. The molecule has 0 amide bonds. The van der Waals surface area contributed by atoms with Crippen LogP contribution in [0.4, 0.5) is 20.2 Å². The molecule has 5 rings (SSSR count). The number of nitrogens with one attached hydrogen (secondary N) is 1. The van der Waals surface area contributed by atoms with E-state index in [4.69, 9.17) is 0 Å². The molecule has 1 N–H and O–H groups in total. The standard InChI is InChI=1S/C28H21F2N2O/c29-24-11-15-26(16-12-24)32(27-17-13-25(30)14-18-27)19-23(20-33)28(31-32,21-7-3-1-4-8-21)22-9-5-2-6-10-22/h1-20,31H/q+1. The lowest BCUT2D eigenvalue weighted by Crippen LogP contribution is -2.56. The Morgan fingerprint density at radius 3 is 1.45 bits per heavy atom. The van der Waals surface area contributed by atoms with Crippen LogP contribution in [-0.4, -0.2) is 6.29 Å². The Bertz CT molecular complexity index is 1220. The van der Waals surface area contributed by atoms with Crippen LogP contribution >= 0.6 is 0 Å². The topological polar surface area (TPSA) is 29.1 Å². The molecule has 0 saturated heterocycles. The summed E-state index contributed by atoms with van der Waals surface area (Å²) in [5.41, 5.74) is 6.29. The van der Waals surface area contributed by atoms with Gasteiger partial charge in [0, 0.05) is 24.3 Å². The van der Waals surface area contributed by atoms with E-state index in [0.29, 0.717) is 16.9 Å². The molecule has 0 bridgehead atoms. The molecular weight excluding hydrogens is 418 g/mol. The highest BCUT2D eigenvalue weighted by atomic mass is 19.1. The highest BCUT2D eigenvalue weighted by Crippen LogP contribution is 2.48. The molecule has 33 heavy (non-hydrogen) atoms. The highest BCUT2D eigenvalue weighted by Gasteiger charge is 2.54. The minimum atomic E-state index is -0.993. The Hall–Kier alpha value is -3.93. The predicted molar refractivity (Wildman–Crippen MR) is 125 cm³/mol. The molecule has 4 aromatic carbocycles. The fraction of sp³-hybridized carbons (Fsp3) is 0.0357. The zero-order valence-corrected chi connectivity index (χ0v) is 17.7. The lowest BCUT2D eigenvalue weighted by molar-refractivity contribution is -0.105. The largest absolute Gasteiger partial charge is 0.298 e. The van der Waals surface area contributed by atoms with E-state index in [1.807, 2.05) is 66.9 Å². The zero-order chi connectivity index (χ0) is 22.9. The van der Waals surface area contributed by atoms with Crippen LogP contribution in [0.1, 0.15) is 11.1 Å². The van der Waals surface area contributed by atoms with E-state index in [2.05, 4.69) is 5.43 Å². The van der Waals surface area contributed by atoms with E-state index in [9.17, 15) is 13.6 Å². The lowest BCUT2D eigenvalue weighted by atomic mass is 9.79. The van der Waals surface area contributed by atoms with Crippen LogP contribution in [0.3, 0.4) is 0 Å². The molecule has 162 valence electrons. The van der Waals surface area contributed by atoms with Gasteiger partial charge in [-0.25, -0.2) is 8.78 Å². The maximum absolute atomic E-state index is 13.8. The third kappa shape index (κ3) is 3.39. The van der Waals surface area contributed by atoms with Gasteiger partial charge in [-0.3, -0.25) is 4.79 Å². The summed E-state index contributed by atoms with van der Waals surface area (Å²) in [6.45, 7) is 0. The highest BCUT2D eigenvalue weighted by molar-refractivity contribution is 5.84. The number of nitrogens with zero attached hydrogens (tertiary/aromatic N) is 1. The van der Waals surface area contributed by atoms with Gasteiger partial charge in [0.1, 0.15) is 17.8 Å². The Kier molecular flexibility index (Phi) is 5.21. The summed E-state index contributed by atoms with van der Waals surface area (Å²) in [4.78, 5) is 12.6. The maximum Gasteiger partial charge on any atom is 0.162 e. The summed E-state index contributed by atoms with van der Waals surface area (Å²) in [5, 5.41) is 0. The average molecular weight is 439 g/mol. The second kappa shape index (κ2) is 8.20. The van der Waals surface area contributed by atoms with Crippen LogP contribution in [0.5, 0.6) is 0 Å². The Labute approximate surface area is 190 Å². The predicted octanol–water partition coefficient (Wildman–Crippen LogP) is 6.15. The van der Waals surface area contributed by atoms with Crippen LogP contribution in [0.2, 0.25) is 0 Å². The molecule has 0 aliphatic carbocycles. The van der Waals surface area contributed by atoms with Gasteiger partial charge in [0.2, 0.25) is 0 Å². The van der Waals surface area contributed by atoms with E-state index in [1.54, 1.807) is 24.3 Å². The molecule has 0 aromatic heterocycles. The SMILES string of the molecule is O=CC1=C[N+](c2ccc(F)cc2)(c2ccc(F)cc2)NC1(c1ccccc1)c1ccccc1. The fourth-order valence-electron chi connectivity index (χ4n) is 4.57. The van der Waals surface area contributed by atoms with E-state index < -0.39 is 5.54 Å². The maximum atomic E-state index is 13.8. The minimum absolute atomic E-state index is 0.0988. The molecular formula is C28H21F2N2O+. The van der Waals surface area contributed by atoms with Gasteiger partial charge in [-0.05, 0) is 35.4 Å². The first-order valence-electron chi connectivity index (χ1n) is 10.6. The summed E-state index contributed by atoms with van der Waals surface area (Å²) < 4.78 is 27.6. The first-order valence-corrected chi connectivity index (χ1v) is 10.6. The number of carbonyl (C=O) groups excluding carboxylic acids is 1. The van der Waals surface area contributed by atoms with Crippen molar-refractivity contribution in [3.05, 3.63) is 144 Å².